The van der Waals surface area contributed by atoms with Crippen LogP contribution in [-0.4, -0.2) is 66.2 Å². The van der Waals surface area contributed by atoms with Crippen molar-refractivity contribution in [2.75, 3.05) is 45.9 Å². The molecule has 4 fully saturated rings. The maximum atomic E-state index is 3.81. The Morgan fingerprint density at radius 3 is 2.42 bits per heavy atom. The Morgan fingerprint density at radius 2 is 1.79 bits per heavy atom. The van der Waals surface area contributed by atoms with E-state index in [4.69, 9.17) is 0 Å². The summed E-state index contributed by atoms with van der Waals surface area (Å²) in [6.45, 7) is 6.75. The summed E-state index contributed by atoms with van der Waals surface area (Å²) in [5.41, 5.74) is 0.551. The van der Waals surface area contributed by atoms with Crippen LogP contribution >= 0.6 is 8.07 Å². The first-order valence-corrected chi connectivity index (χ1v) is 9.66. The van der Waals surface area contributed by atoms with Gasteiger partial charge in [-0.2, -0.15) is 0 Å². The second-order valence-corrected chi connectivity index (χ2v) is 10.1. The molecule has 3 heterocycles. The summed E-state index contributed by atoms with van der Waals surface area (Å²) in [7, 11) is 2.50. The van der Waals surface area contributed by atoms with Crippen molar-refractivity contribution in [2.24, 2.45) is 0 Å². The molecule has 4 heteroatoms. The van der Waals surface area contributed by atoms with Crippen LogP contribution in [0.4, 0.5) is 0 Å². The average molecular weight is 281 g/mol. The number of nitrogens with zero attached hydrogens (tertiary/aromatic N) is 2. The highest BCUT2D eigenvalue weighted by Gasteiger charge is 2.54. The van der Waals surface area contributed by atoms with Gasteiger partial charge in [-0.15, -0.1) is 0 Å². The predicted molar refractivity (Wildman–Crippen MR) is 82.0 cm³/mol. The van der Waals surface area contributed by atoms with E-state index < -0.39 is 0 Å². The second-order valence-electron chi connectivity index (χ2n) is 7.35. The Balaban J connectivity index is 1.41. The zero-order valence-electron chi connectivity index (χ0n) is 12.3. The largest absolute Gasteiger partial charge is 0.311 e. The summed E-state index contributed by atoms with van der Waals surface area (Å²) in [5, 5.41) is 4.57. The van der Waals surface area contributed by atoms with E-state index in [0.29, 0.717) is 5.54 Å². The van der Waals surface area contributed by atoms with Crippen LogP contribution in [0.1, 0.15) is 38.5 Å². The van der Waals surface area contributed by atoms with Crippen LogP contribution in [0.5, 0.6) is 0 Å². The van der Waals surface area contributed by atoms with Crippen LogP contribution in [0.25, 0.3) is 0 Å². The number of hydrogen-bond acceptors (Lipinski definition) is 3. The van der Waals surface area contributed by atoms with Gasteiger partial charge in [-0.05, 0) is 66.4 Å². The fourth-order valence-corrected chi connectivity index (χ4v) is 8.23. The SMILES string of the molecule is CN1CCP(N2CCC3(CCCN3)CC2)C2(CC2)C1. The van der Waals surface area contributed by atoms with Gasteiger partial charge >= 0.3 is 0 Å². The molecular formula is C15H28N3P. The van der Waals surface area contributed by atoms with Crippen LogP contribution in [-0.2, 0) is 0 Å². The second kappa shape index (κ2) is 4.66. The lowest BCUT2D eigenvalue weighted by atomic mass is 9.87. The van der Waals surface area contributed by atoms with Crippen LogP contribution in [0.3, 0.4) is 0 Å². The molecule has 0 aromatic rings. The standard InChI is InChI=1S/C15H28N3P/c1-17-11-12-19(15(13-17)4-5-15)18-9-6-14(7-10-18)3-2-8-16-14/h16H,2-13H2,1H3. The number of piperidine rings is 1. The van der Waals surface area contributed by atoms with Crippen LogP contribution in [0.15, 0.2) is 0 Å². The maximum Gasteiger partial charge on any atom is 0.0206 e. The van der Waals surface area contributed by atoms with Gasteiger partial charge in [0, 0.05) is 36.9 Å². The molecule has 0 aromatic carbocycles. The van der Waals surface area contributed by atoms with E-state index in [9.17, 15) is 0 Å². The molecule has 3 saturated heterocycles. The van der Waals surface area contributed by atoms with Gasteiger partial charge in [0.05, 0.1) is 0 Å². The van der Waals surface area contributed by atoms with Gasteiger partial charge in [-0.25, -0.2) is 0 Å². The third kappa shape index (κ3) is 2.27. The van der Waals surface area contributed by atoms with Gasteiger partial charge in [0.1, 0.15) is 0 Å². The average Bonchev–Trinajstić information content (AvgIpc) is 3.01. The quantitative estimate of drug-likeness (QED) is 0.742. The van der Waals surface area contributed by atoms with E-state index in [2.05, 4.69) is 21.9 Å². The minimum absolute atomic E-state index is 0.184. The van der Waals surface area contributed by atoms with Crippen LogP contribution in [0, 0.1) is 0 Å². The predicted octanol–water partition coefficient (Wildman–Crippen LogP) is 2.08. The topological polar surface area (TPSA) is 18.5 Å². The minimum atomic E-state index is 0.184. The fraction of sp³-hybridized carbons (Fsp3) is 1.00. The lowest BCUT2D eigenvalue weighted by Gasteiger charge is -2.48. The Bertz CT molecular complexity index is 339. The van der Waals surface area contributed by atoms with E-state index in [0.717, 1.165) is 5.16 Å². The molecule has 0 bridgehead atoms. The number of rotatable bonds is 1. The smallest absolute Gasteiger partial charge is 0.0206 e. The molecule has 1 N–H and O–H groups in total. The van der Waals surface area contributed by atoms with E-state index in [1.54, 1.807) is 0 Å². The van der Waals surface area contributed by atoms with Gasteiger partial charge in [-0.3, -0.25) is 4.67 Å². The third-order valence-corrected chi connectivity index (χ3v) is 9.39. The van der Waals surface area contributed by atoms with E-state index in [-0.39, 0.29) is 8.07 Å². The van der Waals surface area contributed by atoms with Crippen molar-refractivity contribution >= 4 is 8.07 Å². The monoisotopic (exact) mass is 281 g/mol. The highest BCUT2D eigenvalue weighted by Crippen LogP contribution is 2.67. The molecule has 108 valence electrons. The summed E-state index contributed by atoms with van der Waals surface area (Å²) >= 11 is 0. The Morgan fingerprint density at radius 1 is 1.00 bits per heavy atom. The normalized spacial score (nSPS) is 38.1. The molecular weight excluding hydrogens is 253 g/mol. The van der Waals surface area contributed by atoms with Crippen molar-refractivity contribution in [1.82, 2.24) is 14.9 Å². The summed E-state index contributed by atoms with van der Waals surface area (Å²) in [5.74, 6) is 0. The minimum Gasteiger partial charge on any atom is -0.311 e. The molecule has 0 aromatic heterocycles. The Kier molecular flexibility index (Phi) is 3.19. The zero-order chi connectivity index (χ0) is 12.9. The molecule has 1 unspecified atom stereocenters. The van der Waals surface area contributed by atoms with E-state index in [1.807, 2.05) is 0 Å². The van der Waals surface area contributed by atoms with Crippen molar-refractivity contribution in [3.05, 3.63) is 0 Å². The van der Waals surface area contributed by atoms with E-state index >= 15 is 0 Å². The lowest BCUT2D eigenvalue weighted by molar-refractivity contribution is 0.213. The molecule has 19 heavy (non-hydrogen) atoms. The Labute approximate surface area is 118 Å². The van der Waals surface area contributed by atoms with Crippen molar-refractivity contribution < 1.29 is 0 Å². The van der Waals surface area contributed by atoms with Gasteiger partial charge in [0.25, 0.3) is 0 Å². The van der Waals surface area contributed by atoms with Crippen molar-refractivity contribution in [3.63, 3.8) is 0 Å². The van der Waals surface area contributed by atoms with Crippen molar-refractivity contribution in [3.8, 4) is 0 Å². The summed E-state index contributed by atoms with van der Waals surface area (Å²) in [4.78, 5) is 2.58. The molecule has 3 nitrogen and oxygen atoms in total. The number of nitrogens with one attached hydrogen (secondary N) is 1. The van der Waals surface area contributed by atoms with Gasteiger partial charge < -0.3 is 10.2 Å². The molecule has 3 aliphatic heterocycles. The Hall–Kier alpha value is 0.310. The van der Waals surface area contributed by atoms with Gasteiger partial charge in [0.2, 0.25) is 0 Å². The van der Waals surface area contributed by atoms with Crippen molar-refractivity contribution in [1.29, 1.82) is 0 Å². The third-order valence-electron chi connectivity index (χ3n) is 6.00. The molecule has 1 saturated carbocycles. The van der Waals surface area contributed by atoms with E-state index in [1.165, 1.54) is 77.4 Å². The summed E-state index contributed by atoms with van der Waals surface area (Å²) < 4.78 is 2.93. The van der Waals surface area contributed by atoms with Gasteiger partial charge in [0.15, 0.2) is 0 Å². The first kappa shape index (κ1) is 13.0. The fourth-order valence-electron chi connectivity index (χ4n) is 4.63. The summed E-state index contributed by atoms with van der Waals surface area (Å²) in [6.07, 6.45) is 10.2. The molecule has 2 spiro atoms. The van der Waals surface area contributed by atoms with Gasteiger partial charge in [-0.1, -0.05) is 0 Å². The molecule has 0 radical (unpaired) electrons. The highest BCUT2D eigenvalue weighted by molar-refractivity contribution is 7.57. The number of hydrogen-bond donors (Lipinski definition) is 1. The first-order valence-electron chi connectivity index (χ1n) is 8.18. The molecule has 1 atom stereocenters. The molecule has 4 rings (SSSR count). The van der Waals surface area contributed by atoms with Crippen molar-refractivity contribution in [2.45, 2.75) is 49.2 Å². The molecule has 4 aliphatic rings. The van der Waals surface area contributed by atoms with Crippen LogP contribution in [0.2, 0.25) is 0 Å². The maximum absolute atomic E-state index is 3.81. The highest BCUT2D eigenvalue weighted by atomic mass is 31.1. The molecule has 1 aliphatic carbocycles. The molecule has 0 amide bonds. The zero-order valence-corrected chi connectivity index (χ0v) is 13.2. The van der Waals surface area contributed by atoms with Crippen LogP contribution < -0.4 is 5.32 Å². The first-order chi connectivity index (χ1) is 9.22. The lowest BCUT2D eigenvalue weighted by Crippen LogP contribution is -2.51. The summed E-state index contributed by atoms with van der Waals surface area (Å²) in [6, 6.07) is 0.